The molecule has 1 aromatic rings. The van der Waals surface area contributed by atoms with Gasteiger partial charge in [-0.15, -0.1) is 0 Å². The number of rotatable bonds is 8. The first-order chi connectivity index (χ1) is 8.67. The average molecular weight is 252 g/mol. The molecule has 0 amide bonds. The number of halogens is 1. The van der Waals surface area contributed by atoms with Crippen molar-refractivity contribution in [2.45, 2.75) is 39.2 Å². The van der Waals surface area contributed by atoms with Gasteiger partial charge in [-0.1, -0.05) is 26.0 Å². The number of hydrogen-bond acceptors (Lipinski definition) is 2. The molecule has 102 valence electrons. The van der Waals surface area contributed by atoms with Gasteiger partial charge in [0.1, 0.15) is 5.82 Å². The van der Waals surface area contributed by atoms with E-state index in [4.69, 9.17) is 5.73 Å². The van der Waals surface area contributed by atoms with Gasteiger partial charge in [-0.2, -0.15) is 0 Å². The van der Waals surface area contributed by atoms with Gasteiger partial charge >= 0.3 is 0 Å². The maximum Gasteiger partial charge on any atom is 0.123 e. The zero-order valence-corrected chi connectivity index (χ0v) is 11.5. The summed E-state index contributed by atoms with van der Waals surface area (Å²) in [4.78, 5) is 2.45. The lowest BCUT2D eigenvalue weighted by Crippen LogP contribution is -2.29. The first-order valence-corrected chi connectivity index (χ1v) is 6.90. The molecule has 0 radical (unpaired) electrons. The summed E-state index contributed by atoms with van der Waals surface area (Å²) in [5, 5.41) is 0. The van der Waals surface area contributed by atoms with E-state index in [9.17, 15) is 4.39 Å². The molecule has 0 fully saturated rings. The highest BCUT2D eigenvalue weighted by Crippen LogP contribution is 2.15. The molecule has 1 unspecified atom stereocenters. The first kappa shape index (κ1) is 15.1. The van der Waals surface area contributed by atoms with Crippen LogP contribution in [0.4, 0.5) is 4.39 Å². The summed E-state index contributed by atoms with van der Waals surface area (Å²) in [7, 11) is 0. The third kappa shape index (κ3) is 5.15. The van der Waals surface area contributed by atoms with E-state index in [0.717, 1.165) is 31.6 Å². The Morgan fingerprint density at radius 3 is 2.11 bits per heavy atom. The minimum atomic E-state index is -0.204. The Labute approximate surface area is 110 Å². The molecule has 1 aromatic carbocycles. The summed E-state index contributed by atoms with van der Waals surface area (Å²) in [5.74, 6) is -0.204. The van der Waals surface area contributed by atoms with E-state index in [-0.39, 0.29) is 11.9 Å². The van der Waals surface area contributed by atoms with Crippen LogP contribution in [0.15, 0.2) is 24.3 Å². The van der Waals surface area contributed by atoms with Crippen molar-refractivity contribution in [2.75, 3.05) is 19.6 Å². The Morgan fingerprint density at radius 2 is 1.61 bits per heavy atom. The van der Waals surface area contributed by atoms with Crippen molar-refractivity contribution >= 4 is 0 Å². The van der Waals surface area contributed by atoms with E-state index in [0.29, 0.717) is 0 Å². The molecule has 1 atom stereocenters. The van der Waals surface area contributed by atoms with Crippen molar-refractivity contribution in [1.29, 1.82) is 0 Å². The van der Waals surface area contributed by atoms with E-state index >= 15 is 0 Å². The van der Waals surface area contributed by atoms with Crippen LogP contribution in [0, 0.1) is 5.82 Å². The Morgan fingerprint density at radius 1 is 1.06 bits per heavy atom. The molecule has 3 heteroatoms. The number of nitrogens with two attached hydrogens (primary N) is 1. The van der Waals surface area contributed by atoms with Crippen molar-refractivity contribution in [3.05, 3.63) is 35.6 Å². The predicted octanol–water partition coefficient (Wildman–Crippen LogP) is 3.34. The monoisotopic (exact) mass is 252 g/mol. The third-order valence-corrected chi connectivity index (χ3v) is 3.13. The minimum Gasteiger partial charge on any atom is -0.324 e. The summed E-state index contributed by atoms with van der Waals surface area (Å²) >= 11 is 0. The molecule has 18 heavy (non-hydrogen) atoms. The van der Waals surface area contributed by atoms with E-state index in [1.165, 1.54) is 25.0 Å². The molecule has 0 bridgehead atoms. The number of benzene rings is 1. The molecule has 0 heterocycles. The zero-order valence-electron chi connectivity index (χ0n) is 11.5. The molecule has 0 aromatic heterocycles. The fraction of sp³-hybridized carbons (Fsp3) is 0.600. The van der Waals surface area contributed by atoms with Gasteiger partial charge in [0.15, 0.2) is 0 Å². The Balaban J connectivity index is 2.43. The topological polar surface area (TPSA) is 29.3 Å². The van der Waals surface area contributed by atoms with E-state index in [2.05, 4.69) is 18.7 Å². The van der Waals surface area contributed by atoms with Gasteiger partial charge in [0.05, 0.1) is 0 Å². The van der Waals surface area contributed by atoms with Crippen LogP contribution >= 0.6 is 0 Å². The lowest BCUT2D eigenvalue weighted by molar-refractivity contribution is 0.264. The maximum atomic E-state index is 12.8. The molecule has 0 aliphatic carbocycles. The summed E-state index contributed by atoms with van der Waals surface area (Å²) in [6, 6.07) is 6.52. The second kappa shape index (κ2) is 8.22. The second-order valence-corrected chi connectivity index (χ2v) is 4.79. The summed E-state index contributed by atoms with van der Waals surface area (Å²) in [5.41, 5.74) is 7.15. The second-order valence-electron chi connectivity index (χ2n) is 4.79. The van der Waals surface area contributed by atoms with Crippen molar-refractivity contribution in [3.8, 4) is 0 Å². The molecule has 0 saturated heterocycles. The lowest BCUT2D eigenvalue weighted by Gasteiger charge is -2.23. The molecular weight excluding hydrogens is 227 g/mol. The summed E-state index contributed by atoms with van der Waals surface area (Å²) < 4.78 is 12.8. The minimum absolute atomic E-state index is 0.00168. The van der Waals surface area contributed by atoms with Crippen LogP contribution in [-0.4, -0.2) is 24.5 Å². The van der Waals surface area contributed by atoms with Gasteiger partial charge < -0.3 is 10.6 Å². The molecule has 1 rings (SSSR count). The van der Waals surface area contributed by atoms with Gasteiger partial charge in [-0.05, 0) is 56.6 Å². The van der Waals surface area contributed by atoms with Crippen LogP contribution in [0.1, 0.15) is 44.7 Å². The SMILES string of the molecule is CCCN(CCC)CCC(N)c1ccc(F)cc1. The quantitative estimate of drug-likeness (QED) is 0.769. The van der Waals surface area contributed by atoms with Crippen molar-refractivity contribution in [3.63, 3.8) is 0 Å². The smallest absolute Gasteiger partial charge is 0.123 e. The van der Waals surface area contributed by atoms with E-state index in [1.807, 2.05) is 0 Å². The largest absolute Gasteiger partial charge is 0.324 e. The molecular formula is C15H25FN2. The van der Waals surface area contributed by atoms with Gasteiger partial charge in [-0.25, -0.2) is 4.39 Å². The van der Waals surface area contributed by atoms with Crippen LogP contribution in [0.25, 0.3) is 0 Å². The highest BCUT2D eigenvalue weighted by atomic mass is 19.1. The molecule has 0 aliphatic heterocycles. The van der Waals surface area contributed by atoms with Crippen molar-refractivity contribution in [1.82, 2.24) is 4.90 Å². The summed E-state index contributed by atoms with van der Waals surface area (Å²) in [6.07, 6.45) is 3.27. The van der Waals surface area contributed by atoms with Gasteiger partial charge in [-0.3, -0.25) is 0 Å². The zero-order chi connectivity index (χ0) is 13.4. The van der Waals surface area contributed by atoms with E-state index < -0.39 is 0 Å². The highest BCUT2D eigenvalue weighted by Gasteiger charge is 2.09. The average Bonchev–Trinajstić information content (AvgIpc) is 2.37. The Kier molecular flexibility index (Phi) is 6.91. The highest BCUT2D eigenvalue weighted by molar-refractivity contribution is 5.19. The normalized spacial score (nSPS) is 12.9. The van der Waals surface area contributed by atoms with Crippen molar-refractivity contribution in [2.24, 2.45) is 5.73 Å². The van der Waals surface area contributed by atoms with Gasteiger partial charge in [0.2, 0.25) is 0 Å². The van der Waals surface area contributed by atoms with Crippen molar-refractivity contribution < 1.29 is 4.39 Å². The lowest BCUT2D eigenvalue weighted by atomic mass is 10.0. The molecule has 0 saturated carbocycles. The fourth-order valence-corrected chi connectivity index (χ4v) is 2.17. The van der Waals surface area contributed by atoms with Crippen LogP contribution in [-0.2, 0) is 0 Å². The van der Waals surface area contributed by atoms with Crippen LogP contribution in [0.3, 0.4) is 0 Å². The number of hydrogen-bond donors (Lipinski definition) is 1. The molecule has 0 spiro atoms. The predicted molar refractivity (Wildman–Crippen MR) is 75.0 cm³/mol. The first-order valence-electron chi connectivity index (χ1n) is 6.90. The molecule has 0 aliphatic rings. The molecule has 2 nitrogen and oxygen atoms in total. The number of nitrogens with zero attached hydrogens (tertiary/aromatic N) is 1. The standard InChI is InChI=1S/C15H25FN2/c1-3-10-18(11-4-2)12-9-15(17)13-5-7-14(16)8-6-13/h5-8,15H,3-4,9-12,17H2,1-2H3. The van der Waals surface area contributed by atoms with Gasteiger partial charge in [0, 0.05) is 6.04 Å². The van der Waals surface area contributed by atoms with Gasteiger partial charge in [0.25, 0.3) is 0 Å². The summed E-state index contributed by atoms with van der Waals surface area (Å²) in [6.45, 7) is 7.67. The van der Waals surface area contributed by atoms with Crippen LogP contribution in [0.2, 0.25) is 0 Å². The molecule has 2 N–H and O–H groups in total. The Bertz CT molecular complexity index is 318. The third-order valence-electron chi connectivity index (χ3n) is 3.13. The van der Waals surface area contributed by atoms with Crippen LogP contribution < -0.4 is 5.73 Å². The Hall–Kier alpha value is -0.930. The van der Waals surface area contributed by atoms with Crippen LogP contribution in [0.5, 0.6) is 0 Å². The van der Waals surface area contributed by atoms with E-state index in [1.54, 1.807) is 12.1 Å². The maximum absolute atomic E-state index is 12.8. The fourth-order valence-electron chi connectivity index (χ4n) is 2.17.